The molecule has 32 heavy (non-hydrogen) atoms. The van der Waals surface area contributed by atoms with Gasteiger partial charge in [-0.2, -0.15) is 5.10 Å². The first kappa shape index (κ1) is 21.4. The van der Waals surface area contributed by atoms with Crippen molar-refractivity contribution in [3.8, 4) is 17.0 Å². The van der Waals surface area contributed by atoms with Crippen LogP contribution < -0.4 is 10.1 Å². The van der Waals surface area contributed by atoms with E-state index in [2.05, 4.69) is 39.2 Å². The Balaban J connectivity index is 1.63. The van der Waals surface area contributed by atoms with Crippen molar-refractivity contribution in [3.05, 3.63) is 66.0 Å². The van der Waals surface area contributed by atoms with E-state index >= 15 is 0 Å². The van der Waals surface area contributed by atoms with Crippen LogP contribution in [0.15, 0.2) is 49.1 Å². The monoisotopic (exact) mass is 430 g/mol. The summed E-state index contributed by atoms with van der Waals surface area (Å²) in [5, 5.41) is 8.24. The van der Waals surface area contributed by atoms with Crippen LogP contribution in [-0.4, -0.2) is 30.8 Å². The molecule has 1 N–H and O–H groups in total. The molecule has 0 atom stereocenters. The Morgan fingerprint density at radius 3 is 2.59 bits per heavy atom. The summed E-state index contributed by atoms with van der Waals surface area (Å²) < 4.78 is 7.55. The zero-order valence-corrected chi connectivity index (χ0v) is 18.7. The number of hydrogen-bond donors (Lipinski definition) is 1. The van der Waals surface area contributed by atoms with Crippen LogP contribution in [0.4, 0.5) is 4.79 Å². The molecule has 1 amide bonds. The summed E-state index contributed by atoms with van der Waals surface area (Å²) in [5.74, 6) is 0.843. The lowest BCUT2D eigenvalue weighted by molar-refractivity contribution is 0.200. The van der Waals surface area contributed by atoms with Crippen molar-refractivity contribution in [1.29, 1.82) is 0 Å². The first-order valence-electron chi connectivity index (χ1n) is 10.5. The van der Waals surface area contributed by atoms with Gasteiger partial charge in [-0.15, -0.1) is 0 Å². The van der Waals surface area contributed by atoms with Crippen LogP contribution in [-0.2, 0) is 13.1 Å². The maximum atomic E-state index is 12.5. The lowest BCUT2D eigenvalue weighted by Crippen LogP contribution is -2.26. The van der Waals surface area contributed by atoms with Crippen molar-refractivity contribution in [2.45, 2.75) is 40.8 Å². The molecule has 0 unspecified atom stereocenters. The van der Waals surface area contributed by atoms with Crippen LogP contribution in [0.25, 0.3) is 22.2 Å². The maximum absolute atomic E-state index is 12.5. The normalized spacial score (nSPS) is 11.2. The first-order chi connectivity index (χ1) is 15.4. The van der Waals surface area contributed by atoms with Gasteiger partial charge in [-0.1, -0.05) is 19.9 Å². The third kappa shape index (κ3) is 4.91. The van der Waals surface area contributed by atoms with Crippen LogP contribution in [0.2, 0.25) is 0 Å². The van der Waals surface area contributed by atoms with Gasteiger partial charge in [-0.3, -0.25) is 19.6 Å². The van der Waals surface area contributed by atoms with Gasteiger partial charge in [0.1, 0.15) is 5.75 Å². The number of rotatable bonds is 6. The molecule has 0 saturated heterocycles. The number of aromatic nitrogens is 5. The minimum absolute atomic E-state index is 0.228. The highest BCUT2D eigenvalue weighted by molar-refractivity contribution is 5.95. The predicted molar refractivity (Wildman–Crippen MR) is 122 cm³/mol. The van der Waals surface area contributed by atoms with Gasteiger partial charge in [0.2, 0.25) is 0 Å². The number of nitrogens with zero attached hydrogens (tertiary/aromatic N) is 5. The molecule has 3 heterocycles. The number of ether oxygens (including phenoxy) is 1. The summed E-state index contributed by atoms with van der Waals surface area (Å²) in [6.45, 7) is 9.11. The van der Waals surface area contributed by atoms with E-state index in [0.29, 0.717) is 17.4 Å². The molecule has 8 nitrogen and oxygen atoms in total. The van der Waals surface area contributed by atoms with E-state index < -0.39 is 6.09 Å². The highest BCUT2D eigenvalue weighted by atomic mass is 16.6. The Morgan fingerprint density at radius 2 is 1.91 bits per heavy atom. The van der Waals surface area contributed by atoms with Gasteiger partial charge in [0, 0.05) is 36.0 Å². The molecule has 0 aliphatic heterocycles. The van der Waals surface area contributed by atoms with Crippen LogP contribution in [0, 0.1) is 19.8 Å². The quantitative estimate of drug-likeness (QED) is 0.486. The van der Waals surface area contributed by atoms with E-state index in [1.54, 1.807) is 12.4 Å². The van der Waals surface area contributed by atoms with Gasteiger partial charge in [-0.25, -0.2) is 4.79 Å². The SMILES string of the molecule is Cc1ccc(-c2cc(OC(=O)NCc3cnc(C)cn3)cc3c2cnn3CC(C)C)nc1. The van der Waals surface area contributed by atoms with E-state index in [1.807, 2.05) is 55.2 Å². The van der Waals surface area contributed by atoms with Gasteiger partial charge in [0.25, 0.3) is 0 Å². The summed E-state index contributed by atoms with van der Waals surface area (Å²) in [7, 11) is 0. The van der Waals surface area contributed by atoms with Crippen LogP contribution in [0.3, 0.4) is 0 Å². The Labute approximate surface area is 186 Å². The number of carbonyl (C=O) groups excluding carboxylic acids is 1. The Kier molecular flexibility index (Phi) is 6.11. The first-order valence-corrected chi connectivity index (χ1v) is 10.5. The summed E-state index contributed by atoms with van der Waals surface area (Å²) in [4.78, 5) is 25.4. The van der Waals surface area contributed by atoms with E-state index in [1.165, 1.54) is 0 Å². The van der Waals surface area contributed by atoms with Crippen molar-refractivity contribution in [3.63, 3.8) is 0 Å². The molecule has 0 spiro atoms. The fourth-order valence-electron chi connectivity index (χ4n) is 3.36. The predicted octanol–water partition coefficient (Wildman–Crippen LogP) is 4.45. The summed E-state index contributed by atoms with van der Waals surface area (Å²) >= 11 is 0. The molecule has 0 aliphatic carbocycles. The Hall–Kier alpha value is -3.81. The number of carbonyl (C=O) groups is 1. The number of aryl methyl sites for hydroxylation is 2. The van der Waals surface area contributed by atoms with E-state index in [4.69, 9.17) is 4.74 Å². The summed E-state index contributed by atoms with van der Waals surface area (Å²) in [6.07, 6.45) is 6.39. The molecule has 4 rings (SSSR count). The van der Waals surface area contributed by atoms with Gasteiger partial charge >= 0.3 is 6.09 Å². The van der Waals surface area contributed by atoms with Crippen LogP contribution in [0.5, 0.6) is 5.75 Å². The molecule has 4 aromatic rings. The second-order valence-corrected chi connectivity index (χ2v) is 8.24. The number of nitrogens with one attached hydrogen (secondary N) is 1. The molecular formula is C24H26N6O2. The molecule has 164 valence electrons. The lowest BCUT2D eigenvalue weighted by atomic mass is 10.1. The molecular weight excluding hydrogens is 404 g/mol. The van der Waals surface area contributed by atoms with E-state index in [-0.39, 0.29) is 6.54 Å². The standard InChI is InChI=1S/C24H26N6O2/c1-15(2)14-30-23-8-19(32-24(31)28-12-18-11-25-17(4)10-26-18)7-20(21(23)13-29-30)22-6-5-16(3)9-27-22/h5-11,13,15H,12,14H2,1-4H3,(H,28,31). The lowest BCUT2D eigenvalue weighted by Gasteiger charge is -2.11. The minimum Gasteiger partial charge on any atom is -0.410 e. The second kappa shape index (κ2) is 9.13. The molecule has 0 radical (unpaired) electrons. The maximum Gasteiger partial charge on any atom is 0.412 e. The van der Waals surface area contributed by atoms with E-state index in [0.717, 1.165) is 40.0 Å². The number of benzene rings is 1. The van der Waals surface area contributed by atoms with Gasteiger partial charge in [-0.05, 0) is 37.5 Å². The second-order valence-electron chi connectivity index (χ2n) is 8.24. The highest BCUT2D eigenvalue weighted by Gasteiger charge is 2.15. The molecule has 0 saturated carbocycles. The van der Waals surface area contributed by atoms with Gasteiger partial charge in [0.05, 0.1) is 41.5 Å². The number of fused-ring (bicyclic) bond motifs is 1. The molecule has 8 heteroatoms. The van der Waals surface area contributed by atoms with Crippen LogP contribution in [0.1, 0.15) is 30.8 Å². The topological polar surface area (TPSA) is 94.8 Å². The van der Waals surface area contributed by atoms with Crippen molar-refractivity contribution in [2.24, 2.45) is 5.92 Å². The van der Waals surface area contributed by atoms with Crippen molar-refractivity contribution < 1.29 is 9.53 Å². The van der Waals surface area contributed by atoms with Gasteiger partial charge < -0.3 is 10.1 Å². The van der Waals surface area contributed by atoms with Crippen molar-refractivity contribution in [1.82, 2.24) is 30.0 Å². The minimum atomic E-state index is -0.565. The molecule has 1 aromatic carbocycles. The van der Waals surface area contributed by atoms with Crippen LogP contribution >= 0.6 is 0 Å². The fraction of sp³-hybridized carbons (Fsp3) is 0.292. The number of pyridine rings is 1. The number of amides is 1. The third-order valence-corrected chi connectivity index (χ3v) is 4.92. The molecule has 0 fully saturated rings. The Bertz CT molecular complexity index is 1230. The average Bonchev–Trinajstić information content (AvgIpc) is 3.15. The molecule has 0 bridgehead atoms. The Morgan fingerprint density at radius 1 is 1.06 bits per heavy atom. The molecule has 0 aliphatic rings. The smallest absolute Gasteiger partial charge is 0.410 e. The molecule has 3 aromatic heterocycles. The summed E-state index contributed by atoms with van der Waals surface area (Å²) in [5.41, 5.74) is 5.11. The third-order valence-electron chi connectivity index (χ3n) is 4.92. The fourth-order valence-corrected chi connectivity index (χ4v) is 3.36. The van der Waals surface area contributed by atoms with Crippen molar-refractivity contribution in [2.75, 3.05) is 0 Å². The van der Waals surface area contributed by atoms with Gasteiger partial charge in [0.15, 0.2) is 0 Å². The highest BCUT2D eigenvalue weighted by Crippen LogP contribution is 2.32. The van der Waals surface area contributed by atoms with E-state index in [9.17, 15) is 4.79 Å². The number of hydrogen-bond acceptors (Lipinski definition) is 6. The van der Waals surface area contributed by atoms with Crippen molar-refractivity contribution >= 4 is 17.0 Å². The zero-order valence-electron chi connectivity index (χ0n) is 18.7. The largest absolute Gasteiger partial charge is 0.412 e. The summed E-state index contributed by atoms with van der Waals surface area (Å²) in [6, 6.07) is 7.64. The zero-order chi connectivity index (χ0) is 22.7. The average molecular weight is 431 g/mol.